The molecule has 1 aliphatic carbocycles. The standard InChI is InChI=1S/C10H15N3O4S/c14-9-8(6-11-10(15)12-9)18(16,17)13-7-4-2-1-3-5-7/h6-8,13H,1-5H2,(H,12,14,15). The summed E-state index contributed by atoms with van der Waals surface area (Å²) in [5, 5.41) is 0.458. The van der Waals surface area contributed by atoms with E-state index in [1.54, 1.807) is 0 Å². The summed E-state index contributed by atoms with van der Waals surface area (Å²) in [6.45, 7) is 0. The minimum Gasteiger partial charge on any atom is -0.275 e. The van der Waals surface area contributed by atoms with E-state index in [0.29, 0.717) is 0 Å². The Labute approximate surface area is 105 Å². The number of carbonyl (C=O) groups is 2. The van der Waals surface area contributed by atoms with Crippen LogP contribution in [0.4, 0.5) is 4.79 Å². The molecule has 7 nitrogen and oxygen atoms in total. The number of hydrogen-bond acceptors (Lipinski definition) is 4. The summed E-state index contributed by atoms with van der Waals surface area (Å²) in [6.07, 6.45) is 5.52. The molecule has 2 N–H and O–H groups in total. The molecule has 0 aromatic rings. The largest absolute Gasteiger partial charge is 0.347 e. The molecule has 8 heteroatoms. The van der Waals surface area contributed by atoms with Crippen LogP contribution in [0.5, 0.6) is 0 Å². The van der Waals surface area contributed by atoms with Crippen molar-refractivity contribution in [3.63, 3.8) is 0 Å². The number of aliphatic imine (C=N–C) groups is 1. The van der Waals surface area contributed by atoms with Gasteiger partial charge in [0.2, 0.25) is 10.0 Å². The molecule has 0 spiro atoms. The molecule has 0 radical (unpaired) electrons. The third kappa shape index (κ3) is 2.94. The summed E-state index contributed by atoms with van der Waals surface area (Å²) in [5.74, 6) is -0.849. The molecule has 2 aliphatic rings. The summed E-state index contributed by atoms with van der Waals surface area (Å²) in [4.78, 5) is 25.5. The van der Waals surface area contributed by atoms with Gasteiger partial charge in [-0.25, -0.2) is 22.9 Å². The van der Waals surface area contributed by atoms with Gasteiger partial charge in [-0.15, -0.1) is 0 Å². The second-order valence-electron chi connectivity index (χ2n) is 4.49. The van der Waals surface area contributed by atoms with Crippen molar-refractivity contribution in [1.82, 2.24) is 10.0 Å². The molecule has 1 aliphatic heterocycles. The molecule has 3 amide bonds. The van der Waals surface area contributed by atoms with Gasteiger partial charge in [-0.2, -0.15) is 0 Å². The zero-order valence-corrected chi connectivity index (χ0v) is 10.6. The number of rotatable bonds is 3. The van der Waals surface area contributed by atoms with Gasteiger partial charge in [0.1, 0.15) is 0 Å². The SMILES string of the molecule is O=C1N=CC(S(=O)(=O)NC2CCCCC2)C(=O)N1. The average molecular weight is 273 g/mol. The lowest BCUT2D eigenvalue weighted by molar-refractivity contribution is -0.118. The van der Waals surface area contributed by atoms with Crippen LogP contribution in [0.15, 0.2) is 4.99 Å². The molecule has 1 unspecified atom stereocenters. The van der Waals surface area contributed by atoms with E-state index in [-0.39, 0.29) is 6.04 Å². The summed E-state index contributed by atoms with van der Waals surface area (Å²) in [5.41, 5.74) is 0. The van der Waals surface area contributed by atoms with Crippen LogP contribution >= 0.6 is 0 Å². The lowest BCUT2D eigenvalue weighted by atomic mass is 9.96. The van der Waals surface area contributed by atoms with E-state index in [4.69, 9.17) is 0 Å². The fourth-order valence-electron chi connectivity index (χ4n) is 2.16. The molecule has 18 heavy (non-hydrogen) atoms. The molecule has 0 aromatic carbocycles. The van der Waals surface area contributed by atoms with Crippen molar-refractivity contribution in [3.05, 3.63) is 0 Å². The Morgan fingerprint density at radius 3 is 2.50 bits per heavy atom. The molecule has 0 aromatic heterocycles. The highest BCUT2D eigenvalue weighted by atomic mass is 32.2. The molecule has 1 heterocycles. The third-order valence-corrected chi connectivity index (χ3v) is 4.75. The highest BCUT2D eigenvalue weighted by Crippen LogP contribution is 2.18. The molecule has 1 saturated carbocycles. The normalized spacial score (nSPS) is 26.1. The van der Waals surface area contributed by atoms with Gasteiger partial charge in [0, 0.05) is 12.3 Å². The number of amides is 3. The van der Waals surface area contributed by atoms with Gasteiger partial charge >= 0.3 is 6.03 Å². The maximum atomic E-state index is 12.0. The smallest absolute Gasteiger partial charge is 0.275 e. The predicted molar refractivity (Wildman–Crippen MR) is 64.7 cm³/mol. The Morgan fingerprint density at radius 2 is 1.89 bits per heavy atom. The zero-order chi connectivity index (χ0) is 13.2. The van der Waals surface area contributed by atoms with Gasteiger partial charge in [0.05, 0.1) is 0 Å². The summed E-state index contributed by atoms with van der Waals surface area (Å²) >= 11 is 0. The summed E-state index contributed by atoms with van der Waals surface area (Å²) < 4.78 is 26.5. The van der Waals surface area contributed by atoms with Crippen LogP contribution in [0.3, 0.4) is 0 Å². The topological polar surface area (TPSA) is 105 Å². The van der Waals surface area contributed by atoms with E-state index in [1.807, 2.05) is 5.32 Å². The number of nitrogens with zero attached hydrogens (tertiary/aromatic N) is 1. The van der Waals surface area contributed by atoms with E-state index < -0.39 is 27.2 Å². The molecular formula is C10H15N3O4S. The minimum atomic E-state index is -3.82. The van der Waals surface area contributed by atoms with Crippen molar-refractivity contribution in [2.24, 2.45) is 4.99 Å². The lowest BCUT2D eigenvalue weighted by Gasteiger charge is -2.24. The number of hydrogen-bond donors (Lipinski definition) is 2. The minimum absolute atomic E-state index is 0.123. The highest BCUT2D eigenvalue weighted by Gasteiger charge is 2.36. The molecule has 1 fully saturated rings. The first-order valence-electron chi connectivity index (χ1n) is 5.89. The molecule has 1 atom stereocenters. The number of sulfonamides is 1. The first kappa shape index (κ1) is 13.2. The summed E-state index contributed by atoms with van der Waals surface area (Å²) in [7, 11) is -3.82. The number of urea groups is 1. The predicted octanol–water partition coefficient (Wildman–Crippen LogP) is -0.0723. The van der Waals surface area contributed by atoms with Gasteiger partial charge in [-0.05, 0) is 12.8 Å². The van der Waals surface area contributed by atoms with E-state index in [0.717, 1.165) is 38.3 Å². The second kappa shape index (κ2) is 5.15. The van der Waals surface area contributed by atoms with Gasteiger partial charge in [0.15, 0.2) is 5.25 Å². The first-order valence-corrected chi connectivity index (χ1v) is 7.44. The Kier molecular flexibility index (Phi) is 3.76. The fourth-order valence-corrected chi connectivity index (χ4v) is 3.57. The van der Waals surface area contributed by atoms with Crippen molar-refractivity contribution in [1.29, 1.82) is 0 Å². The van der Waals surface area contributed by atoms with Crippen molar-refractivity contribution in [3.8, 4) is 0 Å². The molecule has 0 bridgehead atoms. The van der Waals surface area contributed by atoms with Crippen LogP contribution in [0, 0.1) is 0 Å². The monoisotopic (exact) mass is 273 g/mol. The van der Waals surface area contributed by atoms with E-state index in [2.05, 4.69) is 9.71 Å². The van der Waals surface area contributed by atoms with Crippen molar-refractivity contribution < 1.29 is 18.0 Å². The van der Waals surface area contributed by atoms with Crippen molar-refractivity contribution >= 4 is 28.2 Å². The van der Waals surface area contributed by atoms with Gasteiger partial charge in [-0.1, -0.05) is 19.3 Å². The maximum absolute atomic E-state index is 12.0. The second-order valence-corrected chi connectivity index (χ2v) is 6.32. The van der Waals surface area contributed by atoms with Gasteiger partial charge in [0.25, 0.3) is 5.91 Å². The fraction of sp³-hybridized carbons (Fsp3) is 0.700. The molecule has 0 saturated heterocycles. The number of nitrogens with one attached hydrogen (secondary N) is 2. The lowest BCUT2D eigenvalue weighted by Crippen LogP contribution is -2.52. The van der Waals surface area contributed by atoms with Crippen LogP contribution in [-0.4, -0.2) is 37.9 Å². The maximum Gasteiger partial charge on any atom is 0.347 e. The van der Waals surface area contributed by atoms with Crippen molar-refractivity contribution in [2.75, 3.05) is 0 Å². The zero-order valence-electron chi connectivity index (χ0n) is 9.76. The Bertz CT molecular complexity index is 479. The highest BCUT2D eigenvalue weighted by molar-refractivity contribution is 7.91. The summed E-state index contributed by atoms with van der Waals surface area (Å²) in [6, 6.07) is -0.952. The van der Waals surface area contributed by atoms with Crippen LogP contribution in [0.1, 0.15) is 32.1 Å². The van der Waals surface area contributed by atoms with Crippen LogP contribution in [0.2, 0.25) is 0 Å². The molecular weight excluding hydrogens is 258 g/mol. The third-order valence-electron chi connectivity index (χ3n) is 3.09. The van der Waals surface area contributed by atoms with E-state index in [9.17, 15) is 18.0 Å². The Hall–Kier alpha value is -1.28. The van der Waals surface area contributed by atoms with E-state index in [1.165, 1.54) is 0 Å². The Balaban J connectivity index is 2.08. The van der Waals surface area contributed by atoms with Crippen LogP contribution < -0.4 is 10.0 Å². The quantitative estimate of drug-likeness (QED) is 0.750. The van der Waals surface area contributed by atoms with Gasteiger partial charge in [-0.3, -0.25) is 10.1 Å². The molecule has 100 valence electrons. The van der Waals surface area contributed by atoms with Crippen LogP contribution in [-0.2, 0) is 14.8 Å². The van der Waals surface area contributed by atoms with E-state index >= 15 is 0 Å². The average Bonchev–Trinajstić information content (AvgIpc) is 2.29. The Morgan fingerprint density at radius 1 is 1.22 bits per heavy atom. The van der Waals surface area contributed by atoms with Gasteiger partial charge < -0.3 is 0 Å². The van der Waals surface area contributed by atoms with Crippen LogP contribution in [0.25, 0.3) is 0 Å². The molecule has 2 rings (SSSR count). The number of imide groups is 1. The first-order chi connectivity index (χ1) is 8.49. The number of carbonyl (C=O) groups excluding carboxylic acids is 2. The van der Waals surface area contributed by atoms with Crippen molar-refractivity contribution in [2.45, 2.75) is 43.4 Å².